The first-order valence-corrected chi connectivity index (χ1v) is 12.2. The van der Waals surface area contributed by atoms with Crippen molar-refractivity contribution in [2.24, 2.45) is 5.10 Å². The maximum absolute atomic E-state index is 13.7. The van der Waals surface area contributed by atoms with E-state index in [1.165, 1.54) is 12.5 Å². The van der Waals surface area contributed by atoms with Gasteiger partial charge in [-0.2, -0.15) is 25.4 Å². The van der Waals surface area contributed by atoms with Crippen molar-refractivity contribution in [3.8, 4) is 29.0 Å². The van der Waals surface area contributed by atoms with Crippen LogP contribution in [-0.4, -0.2) is 20.7 Å². The number of anilines is 2. The minimum atomic E-state index is -0.794. The number of fused-ring (bicyclic) bond motifs is 3. The Labute approximate surface area is 227 Å². The van der Waals surface area contributed by atoms with E-state index in [0.717, 1.165) is 15.9 Å². The van der Waals surface area contributed by atoms with Gasteiger partial charge >= 0.3 is 0 Å². The van der Waals surface area contributed by atoms with Crippen LogP contribution in [0.4, 0.5) is 11.6 Å². The number of nitrogens with zero attached hydrogens (tertiary/aromatic N) is 6. The Hall–Kier alpha value is -6.00. The van der Waals surface area contributed by atoms with E-state index in [0.29, 0.717) is 29.1 Å². The predicted molar refractivity (Wildman–Crippen MR) is 150 cm³/mol. The third kappa shape index (κ3) is 3.56. The van der Waals surface area contributed by atoms with Crippen molar-refractivity contribution in [2.75, 3.05) is 5.32 Å². The van der Waals surface area contributed by atoms with Gasteiger partial charge in [-0.1, -0.05) is 36.4 Å². The van der Waals surface area contributed by atoms with Crippen molar-refractivity contribution in [1.29, 1.82) is 10.5 Å². The standard InChI is InChI=1S/C30H19N7O3/c1-3-8-18-9-7-12-20-26(38)24(16-40-27(18)20)25-21(13-31)28-34-29-23(15-33-37(28)30(39)22(25)14-32)17(2)35-36(29)19-10-5-4-6-11-19/h3-7,9-12,15-16,34H,1,8H2,2H3. The number of allylic oxidation sites excluding steroid dienone is 1. The minimum Gasteiger partial charge on any atom is -0.463 e. The summed E-state index contributed by atoms with van der Waals surface area (Å²) in [5, 5.41) is 32.7. The van der Waals surface area contributed by atoms with Gasteiger partial charge in [-0.15, -0.1) is 6.58 Å². The summed E-state index contributed by atoms with van der Waals surface area (Å²) in [5.41, 5.74) is 1.08. The van der Waals surface area contributed by atoms with Crippen LogP contribution in [0.5, 0.6) is 0 Å². The molecule has 0 unspecified atom stereocenters. The zero-order chi connectivity index (χ0) is 28.0. The highest BCUT2D eigenvalue weighted by atomic mass is 16.3. The van der Waals surface area contributed by atoms with Crippen LogP contribution in [0, 0.1) is 29.6 Å². The Morgan fingerprint density at radius 3 is 2.55 bits per heavy atom. The van der Waals surface area contributed by atoms with Gasteiger partial charge in [0, 0.05) is 5.56 Å². The van der Waals surface area contributed by atoms with Crippen molar-refractivity contribution in [2.45, 2.75) is 13.3 Å². The maximum atomic E-state index is 13.7. The number of nitriles is 2. The molecule has 0 bridgehead atoms. The first-order chi connectivity index (χ1) is 19.5. The first-order valence-electron chi connectivity index (χ1n) is 12.2. The monoisotopic (exact) mass is 525 g/mol. The molecule has 0 amide bonds. The average Bonchev–Trinajstić information content (AvgIpc) is 3.14. The molecule has 10 heteroatoms. The number of rotatable bonds is 4. The van der Waals surface area contributed by atoms with Crippen LogP contribution < -0.4 is 16.3 Å². The van der Waals surface area contributed by atoms with Gasteiger partial charge in [-0.25, -0.2) is 4.68 Å². The molecule has 3 aromatic heterocycles. The molecule has 5 aromatic rings. The summed E-state index contributed by atoms with van der Waals surface area (Å²) in [7, 11) is 0. The number of benzene rings is 2. The number of nitrogens with one attached hydrogen (secondary N) is 1. The van der Waals surface area contributed by atoms with Gasteiger partial charge in [-0.3, -0.25) is 9.59 Å². The fourth-order valence-electron chi connectivity index (χ4n) is 4.88. The van der Waals surface area contributed by atoms with E-state index in [-0.39, 0.29) is 27.9 Å². The number of para-hydroxylation sites is 2. The highest BCUT2D eigenvalue weighted by molar-refractivity contribution is 5.93. The second-order valence-corrected chi connectivity index (χ2v) is 9.04. The quantitative estimate of drug-likeness (QED) is 0.333. The van der Waals surface area contributed by atoms with E-state index < -0.39 is 16.6 Å². The summed E-state index contributed by atoms with van der Waals surface area (Å²) in [6.45, 7) is 5.54. The van der Waals surface area contributed by atoms with Crippen molar-refractivity contribution in [1.82, 2.24) is 14.5 Å². The zero-order valence-electron chi connectivity index (χ0n) is 21.2. The Morgan fingerprint density at radius 2 is 1.82 bits per heavy atom. The first kappa shape index (κ1) is 24.3. The summed E-state index contributed by atoms with van der Waals surface area (Å²) in [6, 6.07) is 18.4. The lowest BCUT2D eigenvalue weighted by atomic mass is 9.96. The molecule has 0 aliphatic carbocycles. The van der Waals surface area contributed by atoms with Crippen molar-refractivity contribution >= 4 is 28.8 Å². The molecule has 4 heterocycles. The van der Waals surface area contributed by atoms with E-state index in [1.54, 1.807) is 29.8 Å². The van der Waals surface area contributed by atoms with E-state index in [9.17, 15) is 20.1 Å². The SMILES string of the molecule is C=CCc1cccc2c(=O)c(-c3c(C#N)c4n(c(=O)c3C#N)N=Cc3c(C)nn(-c5ccccc5)c3N4)coc12. The van der Waals surface area contributed by atoms with Crippen LogP contribution in [0.3, 0.4) is 0 Å². The molecule has 1 aliphatic heterocycles. The van der Waals surface area contributed by atoms with Crippen LogP contribution >= 0.6 is 0 Å². The average molecular weight is 526 g/mol. The fraction of sp³-hybridized carbons (Fsp3) is 0.0667. The number of aromatic nitrogens is 3. The summed E-state index contributed by atoms with van der Waals surface area (Å²) in [6.07, 6.45) is 4.81. The number of hydrogen-bond acceptors (Lipinski definition) is 8. The highest BCUT2D eigenvalue weighted by Crippen LogP contribution is 2.35. The van der Waals surface area contributed by atoms with Gasteiger partial charge in [0.1, 0.15) is 40.9 Å². The molecule has 2 aromatic carbocycles. The van der Waals surface area contributed by atoms with Crippen LogP contribution in [0.15, 0.2) is 86.6 Å². The topological polar surface area (TPSA) is 142 Å². The lowest BCUT2D eigenvalue weighted by molar-refractivity contribution is 0.601. The fourth-order valence-corrected chi connectivity index (χ4v) is 4.88. The summed E-state index contributed by atoms with van der Waals surface area (Å²) in [4.78, 5) is 27.3. The summed E-state index contributed by atoms with van der Waals surface area (Å²) < 4.78 is 8.47. The molecule has 10 nitrogen and oxygen atoms in total. The van der Waals surface area contributed by atoms with Gasteiger partial charge in [0.15, 0.2) is 5.82 Å². The van der Waals surface area contributed by atoms with E-state index in [4.69, 9.17) is 4.42 Å². The lowest BCUT2D eigenvalue weighted by Gasteiger charge is -2.16. The third-order valence-corrected chi connectivity index (χ3v) is 6.74. The van der Waals surface area contributed by atoms with Crippen molar-refractivity contribution < 1.29 is 4.42 Å². The molecule has 1 N–H and O–H groups in total. The van der Waals surface area contributed by atoms with Gasteiger partial charge < -0.3 is 9.73 Å². The smallest absolute Gasteiger partial charge is 0.291 e. The molecule has 0 fully saturated rings. The highest BCUT2D eigenvalue weighted by Gasteiger charge is 2.29. The Kier molecular flexibility index (Phi) is 5.71. The Morgan fingerprint density at radius 1 is 1.05 bits per heavy atom. The molecule has 6 rings (SSSR count). The number of pyridine rings is 1. The molecule has 0 saturated heterocycles. The molecule has 0 spiro atoms. The van der Waals surface area contributed by atoms with Crippen LogP contribution in [-0.2, 0) is 6.42 Å². The van der Waals surface area contributed by atoms with Crippen molar-refractivity contribution in [3.05, 3.63) is 116 Å². The third-order valence-electron chi connectivity index (χ3n) is 6.74. The predicted octanol–water partition coefficient (Wildman–Crippen LogP) is 4.53. The van der Waals surface area contributed by atoms with Gasteiger partial charge in [0.25, 0.3) is 5.56 Å². The summed E-state index contributed by atoms with van der Waals surface area (Å²) in [5.74, 6) is 0.457. The van der Waals surface area contributed by atoms with Crippen LogP contribution in [0.2, 0.25) is 0 Å². The molecule has 0 radical (unpaired) electrons. The van der Waals surface area contributed by atoms with Gasteiger partial charge in [0.05, 0.1) is 34.1 Å². The number of aryl methyl sites for hydroxylation is 1. The van der Waals surface area contributed by atoms with Crippen LogP contribution in [0.1, 0.15) is 27.9 Å². The second kappa shape index (κ2) is 9.39. The normalized spacial score (nSPS) is 11.6. The maximum Gasteiger partial charge on any atom is 0.291 e. The van der Waals surface area contributed by atoms with Gasteiger partial charge in [-0.05, 0) is 37.1 Å². The van der Waals surface area contributed by atoms with Crippen LogP contribution in [0.25, 0.3) is 27.8 Å². The second-order valence-electron chi connectivity index (χ2n) is 9.04. The molecule has 40 heavy (non-hydrogen) atoms. The molecule has 1 aliphatic rings. The zero-order valence-corrected chi connectivity index (χ0v) is 21.2. The molecule has 0 atom stereocenters. The van der Waals surface area contributed by atoms with Gasteiger partial charge in [0.2, 0.25) is 5.43 Å². The molecule has 0 saturated carbocycles. The Bertz CT molecular complexity index is 2100. The van der Waals surface area contributed by atoms with E-state index in [2.05, 4.69) is 28.2 Å². The minimum absolute atomic E-state index is 0.00603. The number of hydrogen-bond donors (Lipinski definition) is 1. The summed E-state index contributed by atoms with van der Waals surface area (Å²) >= 11 is 0. The van der Waals surface area contributed by atoms with E-state index >= 15 is 0 Å². The molecular weight excluding hydrogens is 506 g/mol. The molecule has 192 valence electrons. The van der Waals surface area contributed by atoms with E-state index in [1.807, 2.05) is 42.5 Å². The largest absolute Gasteiger partial charge is 0.463 e. The Balaban J connectivity index is 1.65. The molecular formula is C30H19N7O3. The van der Waals surface area contributed by atoms with Crippen molar-refractivity contribution in [3.63, 3.8) is 0 Å². The lowest BCUT2D eigenvalue weighted by Crippen LogP contribution is -2.25.